The van der Waals surface area contributed by atoms with Gasteiger partial charge in [-0.05, 0) is 5.92 Å². The van der Waals surface area contributed by atoms with Crippen LogP contribution in [0.15, 0.2) is 30.5 Å². The van der Waals surface area contributed by atoms with E-state index in [9.17, 15) is 0 Å². The summed E-state index contributed by atoms with van der Waals surface area (Å²) in [5.41, 5.74) is 0. The van der Waals surface area contributed by atoms with Crippen molar-refractivity contribution < 1.29 is 4.74 Å². The monoisotopic (exact) mass is 231 g/mol. The molecule has 1 aromatic carbocycles. The molecule has 0 saturated heterocycles. The molecule has 2 rings (SSSR count). The lowest BCUT2D eigenvalue weighted by Gasteiger charge is -2.12. The molecule has 0 amide bonds. The number of ether oxygens (including phenoxy) is 1. The van der Waals surface area contributed by atoms with E-state index in [-0.39, 0.29) is 0 Å². The quantitative estimate of drug-likeness (QED) is 0.858. The van der Waals surface area contributed by atoms with Crippen LogP contribution in [-0.2, 0) is 4.74 Å². The van der Waals surface area contributed by atoms with Gasteiger partial charge >= 0.3 is 0 Å². The average molecular weight is 231 g/mol. The van der Waals surface area contributed by atoms with Crippen molar-refractivity contribution in [2.24, 2.45) is 5.92 Å². The van der Waals surface area contributed by atoms with Crippen LogP contribution in [0, 0.1) is 5.92 Å². The number of hydrogen-bond acceptors (Lipinski definition) is 4. The first-order valence-corrected chi connectivity index (χ1v) is 5.74. The molecule has 0 aliphatic rings. The summed E-state index contributed by atoms with van der Waals surface area (Å²) in [4.78, 5) is 0. The van der Waals surface area contributed by atoms with Gasteiger partial charge in [0.2, 0.25) is 0 Å². The lowest BCUT2D eigenvalue weighted by molar-refractivity contribution is 0.164. The van der Waals surface area contributed by atoms with Crippen LogP contribution in [0.2, 0.25) is 0 Å². The smallest absolute Gasteiger partial charge is 0.156 e. The Bertz CT molecular complexity index is 482. The van der Waals surface area contributed by atoms with Crippen molar-refractivity contribution >= 4 is 16.6 Å². The third-order valence-corrected chi connectivity index (χ3v) is 2.64. The zero-order chi connectivity index (χ0) is 12.1. The molecule has 0 aliphatic heterocycles. The van der Waals surface area contributed by atoms with Crippen molar-refractivity contribution in [3.8, 4) is 0 Å². The Morgan fingerprint density at radius 2 is 2.18 bits per heavy atom. The summed E-state index contributed by atoms with van der Waals surface area (Å²) in [7, 11) is 1.72. The third-order valence-electron chi connectivity index (χ3n) is 2.64. The largest absolute Gasteiger partial charge is 0.384 e. The Morgan fingerprint density at radius 1 is 1.35 bits per heavy atom. The minimum Gasteiger partial charge on any atom is -0.384 e. The lowest BCUT2D eigenvalue weighted by Crippen LogP contribution is -2.16. The molecule has 1 atom stereocenters. The fraction of sp³-hybridized carbons (Fsp3) is 0.385. The van der Waals surface area contributed by atoms with Crippen LogP contribution >= 0.6 is 0 Å². The van der Waals surface area contributed by atoms with Gasteiger partial charge in [0, 0.05) is 24.4 Å². The Hall–Kier alpha value is -1.68. The number of aromatic nitrogens is 2. The highest BCUT2D eigenvalue weighted by Gasteiger charge is 2.05. The Labute approximate surface area is 101 Å². The van der Waals surface area contributed by atoms with Gasteiger partial charge in [-0.25, -0.2) is 0 Å². The van der Waals surface area contributed by atoms with Crippen LogP contribution in [0.4, 0.5) is 5.82 Å². The van der Waals surface area contributed by atoms with Gasteiger partial charge in [-0.3, -0.25) is 0 Å². The maximum atomic E-state index is 5.10. The van der Waals surface area contributed by atoms with Crippen molar-refractivity contribution in [1.82, 2.24) is 10.2 Å². The van der Waals surface area contributed by atoms with Gasteiger partial charge in [0.1, 0.15) is 0 Å². The topological polar surface area (TPSA) is 47.0 Å². The van der Waals surface area contributed by atoms with Crippen molar-refractivity contribution in [1.29, 1.82) is 0 Å². The van der Waals surface area contributed by atoms with Gasteiger partial charge in [-0.15, -0.1) is 5.10 Å². The summed E-state index contributed by atoms with van der Waals surface area (Å²) < 4.78 is 5.10. The molecule has 2 aromatic rings. The minimum absolute atomic E-state index is 0.445. The van der Waals surface area contributed by atoms with E-state index in [0.29, 0.717) is 5.92 Å². The molecule has 0 spiro atoms. The molecule has 17 heavy (non-hydrogen) atoms. The summed E-state index contributed by atoms with van der Waals surface area (Å²) >= 11 is 0. The summed E-state index contributed by atoms with van der Waals surface area (Å²) in [5.74, 6) is 1.28. The number of benzene rings is 1. The lowest BCUT2D eigenvalue weighted by atomic mass is 10.1. The van der Waals surface area contributed by atoms with E-state index in [1.807, 2.05) is 24.3 Å². The molecule has 1 unspecified atom stereocenters. The van der Waals surface area contributed by atoms with E-state index in [4.69, 9.17) is 4.74 Å². The molecule has 0 radical (unpaired) electrons. The average Bonchev–Trinajstić information content (AvgIpc) is 2.36. The van der Waals surface area contributed by atoms with Gasteiger partial charge in [0.05, 0.1) is 12.8 Å². The standard InChI is InChI=1S/C13H17N3O/c1-10(9-17-2)7-14-13-12-6-4-3-5-11(12)8-15-16-13/h3-6,8,10H,7,9H2,1-2H3,(H,14,16). The van der Waals surface area contributed by atoms with E-state index in [1.54, 1.807) is 13.3 Å². The second-order valence-corrected chi connectivity index (χ2v) is 4.22. The van der Waals surface area contributed by atoms with Crippen molar-refractivity contribution in [3.05, 3.63) is 30.5 Å². The molecule has 0 bridgehead atoms. The third kappa shape index (κ3) is 2.91. The van der Waals surface area contributed by atoms with Gasteiger partial charge in [-0.2, -0.15) is 5.10 Å². The van der Waals surface area contributed by atoms with Gasteiger partial charge in [0.15, 0.2) is 5.82 Å². The van der Waals surface area contributed by atoms with Gasteiger partial charge in [-0.1, -0.05) is 31.2 Å². The zero-order valence-electron chi connectivity index (χ0n) is 10.2. The van der Waals surface area contributed by atoms with Gasteiger partial charge < -0.3 is 10.1 Å². The van der Waals surface area contributed by atoms with E-state index < -0.39 is 0 Å². The molecule has 4 nitrogen and oxygen atoms in total. The fourth-order valence-electron chi connectivity index (χ4n) is 1.77. The molecule has 4 heteroatoms. The maximum absolute atomic E-state index is 5.10. The second kappa shape index (κ2) is 5.59. The van der Waals surface area contributed by atoms with Crippen LogP contribution in [0.25, 0.3) is 10.8 Å². The van der Waals surface area contributed by atoms with E-state index in [0.717, 1.165) is 29.7 Å². The number of rotatable bonds is 5. The molecule has 90 valence electrons. The Kier molecular flexibility index (Phi) is 3.88. The number of nitrogens with one attached hydrogen (secondary N) is 1. The van der Waals surface area contributed by atoms with Crippen LogP contribution in [-0.4, -0.2) is 30.5 Å². The maximum Gasteiger partial charge on any atom is 0.156 e. The van der Waals surface area contributed by atoms with Crippen LogP contribution in [0.3, 0.4) is 0 Å². The van der Waals surface area contributed by atoms with E-state index in [2.05, 4.69) is 22.4 Å². The predicted molar refractivity (Wildman–Crippen MR) is 69.1 cm³/mol. The normalized spacial score (nSPS) is 12.6. The molecular formula is C13H17N3O. The van der Waals surface area contributed by atoms with Crippen LogP contribution in [0.1, 0.15) is 6.92 Å². The van der Waals surface area contributed by atoms with Crippen molar-refractivity contribution in [2.45, 2.75) is 6.92 Å². The zero-order valence-corrected chi connectivity index (χ0v) is 10.2. The second-order valence-electron chi connectivity index (χ2n) is 4.22. The molecule has 1 aromatic heterocycles. The predicted octanol–water partition coefficient (Wildman–Crippen LogP) is 2.32. The Morgan fingerprint density at radius 3 is 3.00 bits per heavy atom. The molecule has 1 heterocycles. The van der Waals surface area contributed by atoms with Crippen molar-refractivity contribution in [3.63, 3.8) is 0 Å². The SMILES string of the molecule is COCC(C)CNc1nncc2ccccc12. The highest BCUT2D eigenvalue weighted by atomic mass is 16.5. The van der Waals surface area contributed by atoms with Crippen molar-refractivity contribution in [2.75, 3.05) is 25.6 Å². The summed E-state index contributed by atoms with van der Waals surface area (Å²) in [6, 6.07) is 8.09. The van der Waals surface area contributed by atoms with E-state index in [1.165, 1.54) is 0 Å². The Balaban J connectivity index is 2.13. The molecule has 0 aliphatic carbocycles. The summed E-state index contributed by atoms with van der Waals surface area (Å²) in [5, 5.41) is 13.7. The highest BCUT2D eigenvalue weighted by Crippen LogP contribution is 2.19. The van der Waals surface area contributed by atoms with Crippen LogP contribution < -0.4 is 5.32 Å². The summed E-state index contributed by atoms with van der Waals surface area (Å²) in [6.45, 7) is 3.71. The number of nitrogens with zero attached hydrogens (tertiary/aromatic N) is 2. The molecular weight excluding hydrogens is 214 g/mol. The number of hydrogen-bond donors (Lipinski definition) is 1. The number of anilines is 1. The molecule has 1 N–H and O–H groups in total. The first kappa shape index (κ1) is 11.8. The number of methoxy groups -OCH3 is 1. The van der Waals surface area contributed by atoms with Gasteiger partial charge in [0.25, 0.3) is 0 Å². The fourth-order valence-corrected chi connectivity index (χ4v) is 1.77. The first-order chi connectivity index (χ1) is 8.31. The highest BCUT2D eigenvalue weighted by molar-refractivity contribution is 5.90. The van der Waals surface area contributed by atoms with E-state index >= 15 is 0 Å². The minimum atomic E-state index is 0.445. The first-order valence-electron chi connectivity index (χ1n) is 5.74. The van der Waals surface area contributed by atoms with Crippen LogP contribution in [0.5, 0.6) is 0 Å². The number of fused-ring (bicyclic) bond motifs is 1. The summed E-state index contributed by atoms with van der Waals surface area (Å²) in [6.07, 6.45) is 1.78. The molecule has 0 fully saturated rings. The molecule has 0 saturated carbocycles.